The number of aromatic nitrogens is 4. The van der Waals surface area contributed by atoms with Crippen molar-refractivity contribution in [3.8, 4) is 11.5 Å². The average molecular weight is 485 g/mol. The first-order chi connectivity index (χ1) is 16.6. The number of hydrogen-bond donors (Lipinski definition) is 1. The monoisotopic (exact) mass is 485 g/mol. The van der Waals surface area contributed by atoms with Crippen LogP contribution in [0.2, 0.25) is 0 Å². The summed E-state index contributed by atoms with van der Waals surface area (Å²) in [5, 5.41) is 10.4. The van der Waals surface area contributed by atoms with Crippen LogP contribution in [0.1, 0.15) is 43.6 Å². The molecule has 0 radical (unpaired) electrons. The molecule has 0 aliphatic heterocycles. The molecule has 1 aliphatic rings. The minimum Gasteiger partial charge on any atom is -0.444 e. The van der Waals surface area contributed by atoms with E-state index in [2.05, 4.69) is 20.5 Å². The third-order valence-corrected chi connectivity index (χ3v) is 5.87. The first-order valence-electron chi connectivity index (χ1n) is 11.0. The van der Waals surface area contributed by atoms with Crippen molar-refractivity contribution in [2.75, 3.05) is 0 Å². The fourth-order valence-corrected chi connectivity index (χ4v) is 4.42. The van der Waals surface area contributed by atoms with Crippen molar-refractivity contribution in [2.45, 2.75) is 51.2 Å². The first-order valence-corrected chi connectivity index (χ1v) is 11.0. The standard InChI is InChI=1S/C24H22F3N5O3/c1-24(2,3)35-23(33)30-18-10-20-19(8-14(18)13-7-16(26)17(27)9-15(13)25)29-21-6-12(4-5-32(20)21)22-31-28-11-34-22/h4-7,9,11,14,18H,8,10H2,1-3H3,(H,30,33)/t14-,18+/m1/s1. The molecule has 0 unspecified atom stereocenters. The van der Waals surface area contributed by atoms with Crippen molar-refractivity contribution < 1.29 is 27.1 Å². The molecule has 3 aromatic heterocycles. The number of carbonyl (C=O) groups is 1. The van der Waals surface area contributed by atoms with Crippen LogP contribution in [0.4, 0.5) is 18.0 Å². The van der Waals surface area contributed by atoms with Gasteiger partial charge in [0.15, 0.2) is 11.6 Å². The summed E-state index contributed by atoms with van der Waals surface area (Å²) in [6.45, 7) is 5.18. The number of ether oxygens (including phenoxy) is 1. The van der Waals surface area contributed by atoms with Gasteiger partial charge in [-0.25, -0.2) is 22.9 Å². The maximum absolute atomic E-state index is 14.8. The van der Waals surface area contributed by atoms with Gasteiger partial charge in [0.05, 0.1) is 5.69 Å². The van der Waals surface area contributed by atoms with Gasteiger partial charge in [0, 0.05) is 48.3 Å². The molecule has 0 saturated carbocycles. The number of benzene rings is 1. The summed E-state index contributed by atoms with van der Waals surface area (Å²) in [6.07, 6.45) is 2.79. The van der Waals surface area contributed by atoms with Crippen molar-refractivity contribution in [3.05, 3.63) is 71.3 Å². The Bertz CT molecular complexity index is 1410. The highest BCUT2D eigenvalue weighted by atomic mass is 19.2. The second kappa shape index (κ2) is 8.40. The molecule has 3 heterocycles. The van der Waals surface area contributed by atoms with Gasteiger partial charge in [-0.15, -0.1) is 10.2 Å². The van der Waals surface area contributed by atoms with E-state index in [0.29, 0.717) is 28.9 Å². The number of imidazole rings is 1. The van der Waals surface area contributed by atoms with Crippen LogP contribution >= 0.6 is 0 Å². The van der Waals surface area contributed by atoms with Crippen molar-refractivity contribution in [1.82, 2.24) is 24.9 Å². The van der Waals surface area contributed by atoms with Gasteiger partial charge in [0.1, 0.15) is 17.1 Å². The highest BCUT2D eigenvalue weighted by Crippen LogP contribution is 2.36. The number of pyridine rings is 1. The van der Waals surface area contributed by atoms with Crippen LogP contribution in [0.25, 0.3) is 17.1 Å². The Kier molecular flexibility index (Phi) is 5.49. The summed E-state index contributed by atoms with van der Waals surface area (Å²) in [7, 11) is 0. The predicted molar refractivity (Wildman–Crippen MR) is 118 cm³/mol. The largest absolute Gasteiger partial charge is 0.444 e. The number of nitrogens with zero attached hydrogens (tertiary/aromatic N) is 4. The van der Waals surface area contributed by atoms with E-state index in [4.69, 9.17) is 9.15 Å². The zero-order valence-electron chi connectivity index (χ0n) is 19.2. The molecule has 2 atom stereocenters. The first kappa shape index (κ1) is 22.9. The van der Waals surface area contributed by atoms with Crippen LogP contribution in [-0.4, -0.2) is 37.3 Å². The third kappa shape index (κ3) is 4.45. The van der Waals surface area contributed by atoms with E-state index in [1.54, 1.807) is 39.1 Å². The van der Waals surface area contributed by atoms with Gasteiger partial charge in [0.25, 0.3) is 0 Å². The molecule has 1 N–H and O–H groups in total. The predicted octanol–water partition coefficient (Wildman–Crippen LogP) is 4.58. The Morgan fingerprint density at radius 2 is 1.91 bits per heavy atom. The van der Waals surface area contributed by atoms with E-state index in [0.717, 1.165) is 11.8 Å². The van der Waals surface area contributed by atoms with E-state index in [1.807, 2.05) is 4.40 Å². The van der Waals surface area contributed by atoms with Crippen LogP contribution in [0, 0.1) is 17.5 Å². The summed E-state index contributed by atoms with van der Waals surface area (Å²) in [6, 6.07) is 4.26. The minimum absolute atomic E-state index is 0.0424. The van der Waals surface area contributed by atoms with Crippen molar-refractivity contribution in [3.63, 3.8) is 0 Å². The van der Waals surface area contributed by atoms with Gasteiger partial charge in [0.2, 0.25) is 12.3 Å². The Hall–Kier alpha value is -3.89. The lowest BCUT2D eigenvalue weighted by molar-refractivity contribution is 0.0493. The van der Waals surface area contributed by atoms with E-state index in [-0.39, 0.29) is 18.4 Å². The topological polar surface area (TPSA) is 94.5 Å². The third-order valence-electron chi connectivity index (χ3n) is 5.87. The van der Waals surface area contributed by atoms with Gasteiger partial charge in [-0.2, -0.15) is 0 Å². The number of fused-ring (bicyclic) bond motifs is 3. The Balaban J connectivity index is 1.55. The molecule has 0 saturated heterocycles. The summed E-state index contributed by atoms with van der Waals surface area (Å²) in [5.41, 5.74) is 1.93. The molecule has 5 rings (SSSR count). The van der Waals surface area contributed by atoms with Crippen LogP contribution < -0.4 is 5.32 Å². The molecule has 0 spiro atoms. The normalized spacial score (nSPS) is 17.9. The lowest BCUT2D eigenvalue weighted by Gasteiger charge is -2.33. The molecule has 0 fully saturated rings. The molecule has 8 nitrogen and oxygen atoms in total. The quantitative estimate of drug-likeness (QED) is 0.427. The number of hydrogen-bond acceptors (Lipinski definition) is 6. The van der Waals surface area contributed by atoms with E-state index >= 15 is 0 Å². The molecule has 4 aromatic rings. The number of alkyl carbamates (subject to hydrolysis) is 1. The summed E-state index contributed by atoms with van der Waals surface area (Å²) < 4.78 is 55.0. The summed E-state index contributed by atoms with van der Waals surface area (Å²) >= 11 is 0. The second-order valence-corrected chi connectivity index (χ2v) is 9.45. The molecule has 11 heteroatoms. The second-order valence-electron chi connectivity index (χ2n) is 9.45. The Morgan fingerprint density at radius 1 is 1.14 bits per heavy atom. The minimum atomic E-state index is -1.28. The number of carbonyl (C=O) groups excluding carboxylic acids is 1. The summed E-state index contributed by atoms with van der Waals surface area (Å²) in [4.78, 5) is 17.3. The molecule has 182 valence electrons. The fourth-order valence-electron chi connectivity index (χ4n) is 4.42. The zero-order chi connectivity index (χ0) is 24.9. The fraction of sp³-hybridized carbons (Fsp3) is 0.333. The maximum atomic E-state index is 14.8. The number of amides is 1. The van der Waals surface area contributed by atoms with Gasteiger partial charge in [-0.3, -0.25) is 0 Å². The molecule has 1 aliphatic carbocycles. The Morgan fingerprint density at radius 3 is 2.63 bits per heavy atom. The Labute approximate surface area is 198 Å². The highest BCUT2D eigenvalue weighted by Gasteiger charge is 2.36. The van der Waals surface area contributed by atoms with Gasteiger partial charge >= 0.3 is 6.09 Å². The van der Waals surface area contributed by atoms with Crippen LogP contribution in [0.5, 0.6) is 0 Å². The molecular formula is C24H22F3N5O3. The maximum Gasteiger partial charge on any atom is 0.407 e. The van der Waals surface area contributed by atoms with E-state index in [9.17, 15) is 18.0 Å². The summed E-state index contributed by atoms with van der Waals surface area (Å²) in [5.74, 6) is -3.70. The molecule has 35 heavy (non-hydrogen) atoms. The van der Waals surface area contributed by atoms with Crippen molar-refractivity contribution in [2.24, 2.45) is 0 Å². The zero-order valence-corrected chi connectivity index (χ0v) is 19.2. The van der Waals surface area contributed by atoms with Crippen LogP contribution in [0.3, 0.4) is 0 Å². The molecule has 1 amide bonds. The van der Waals surface area contributed by atoms with Gasteiger partial charge in [-0.1, -0.05) is 0 Å². The van der Waals surface area contributed by atoms with Crippen molar-refractivity contribution >= 4 is 11.7 Å². The van der Waals surface area contributed by atoms with Crippen LogP contribution in [-0.2, 0) is 17.6 Å². The molecule has 0 bridgehead atoms. The highest BCUT2D eigenvalue weighted by molar-refractivity contribution is 5.68. The SMILES string of the molecule is CC(C)(C)OC(=O)N[C@H]1Cc2c(nc3cc(-c4nnco4)ccn23)C[C@@H]1c1cc(F)c(F)cc1F. The lowest BCUT2D eigenvalue weighted by Crippen LogP contribution is -2.46. The number of halogens is 3. The van der Waals surface area contributed by atoms with E-state index < -0.39 is 41.1 Å². The number of nitrogens with one attached hydrogen (secondary N) is 1. The molecular weight excluding hydrogens is 463 g/mol. The molecule has 1 aromatic carbocycles. The lowest BCUT2D eigenvalue weighted by atomic mass is 9.80. The van der Waals surface area contributed by atoms with Crippen LogP contribution in [0.15, 0.2) is 41.3 Å². The van der Waals surface area contributed by atoms with E-state index in [1.165, 1.54) is 6.39 Å². The number of rotatable bonds is 3. The van der Waals surface area contributed by atoms with Gasteiger partial charge in [-0.05, 0) is 44.5 Å². The smallest absolute Gasteiger partial charge is 0.407 e. The van der Waals surface area contributed by atoms with Gasteiger partial charge < -0.3 is 18.9 Å². The average Bonchev–Trinajstić information content (AvgIpc) is 3.42. The van der Waals surface area contributed by atoms with Crippen molar-refractivity contribution in [1.29, 1.82) is 0 Å².